The minimum Gasteiger partial charge on any atom is -0.466 e. The van der Waals surface area contributed by atoms with Crippen molar-refractivity contribution in [3.05, 3.63) is 64.1 Å². The Bertz CT molecular complexity index is 680. The van der Waals surface area contributed by atoms with Crippen LogP contribution in [0.25, 0.3) is 0 Å². The number of hydrogen-bond donors (Lipinski definition) is 0. The highest BCUT2D eigenvalue weighted by Crippen LogP contribution is 2.41. The fourth-order valence-corrected chi connectivity index (χ4v) is 2.89. The highest BCUT2D eigenvalue weighted by atomic mass is 79.9. The van der Waals surface area contributed by atoms with Crippen LogP contribution in [0.4, 0.5) is 5.69 Å². The average molecular weight is 330 g/mol. The van der Waals surface area contributed by atoms with Gasteiger partial charge in [-0.25, -0.2) is 4.99 Å². The van der Waals surface area contributed by atoms with Crippen LogP contribution < -0.4 is 0 Å². The molecular formula is C17H16BrNO. The van der Waals surface area contributed by atoms with Crippen LogP contribution in [0, 0.1) is 0 Å². The number of ether oxygens (including phenoxy) is 1. The molecule has 1 atom stereocenters. The molecule has 0 fully saturated rings. The monoisotopic (exact) mass is 329 g/mol. The molecule has 2 aromatic carbocycles. The van der Waals surface area contributed by atoms with Gasteiger partial charge in [0.25, 0.3) is 0 Å². The molecule has 2 aromatic rings. The summed E-state index contributed by atoms with van der Waals surface area (Å²) in [4.78, 5) is 4.68. The Balaban J connectivity index is 2.17. The molecule has 20 heavy (non-hydrogen) atoms. The Kier molecular flexibility index (Phi) is 3.38. The van der Waals surface area contributed by atoms with E-state index < -0.39 is 0 Å². The molecule has 0 saturated heterocycles. The van der Waals surface area contributed by atoms with Crippen molar-refractivity contribution in [1.29, 1.82) is 0 Å². The lowest BCUT2D eigenvalue weighted by Crippen LogP contribution is -2.31. The van der Waals surface area contributed by atoms with E-state index in [2.05, 4.69) is 40.8 Å². The highest BCUT2D eigenvalue weighted by Gasteiger charge is 2.34. The van der Waals surface area contributed by atoms with Gasteiger partial charge in [0.05, 0.1) is 11.3 Å². The molecule has 0 aliphatic carbocycles. The first kappa shape index (κ1) is 13.4. The minimum absolute atomic E-state index is 0.330. The Hall–Kier alpha value is -1.61. The molecule has 1 unspecified atom stereocenters. The normalized spacial score (nSPS) is 20.9. The second-order valence-electron chi connectivity index (χ2n) is 5.10. The molecule has 0 amide bonds. The molecule has 0 spiro atoms. The van der Waals surface area contributed by atoms with Crippen LogP contribution in [-0.4, -0.2) is 5.90 Å². The summed E-state index contributed by atoms with van der Waals surface area (Å²) in [6, 6.07) is 16.2. The van der Waals surface area contributed by atoms with E-state index in [9.17, 15) is 0 Å². The highest BCUT2D eigenvalue weighted by molar-refractivity contribution is 9.10. The zero-order valence-electron chi connectivity index (χ0n) is 11.6. The molecule has 1 aliphatic heterocycles. The van der Waals surface area contributed by atoms with Gasteiger partial charge in [-0.15, -0.1) is 0 Å². The van der Waals surface area contributed by atoms with E-state index in [1.54, 1.807) is 0 Å². The second kappa shape index (κ2) is 5.06. The smallest absolute Gasteiger partial charge is 0.223 e. The fraction of sp³-hybridized carbons (Fsp3) is 0.235. The maximum Gasteiger partial charge on any atom is 0.223 e. The number of rotatable bonds is 2. The van der Waals surface area contributed by atoms with E-state index >= 15 is 0 Å². The number of benzene rings is 2. The third-order valence-corrected chi connectivity index (χ3v) is 4.49. The van der Waals surface area contributed by atoms with Gasteiger partial charge in [0.2, 0.25) is 5.90 Å². The first-order valence-electron chi connectivity index (χ1n) is 6.76. The van der Waals surface area contributed by atoms with Gasteiger partial charge in [-0.2, -0.15) is 0 Å². The third-order valence-electron chi connectivity index (χ3n) is 3.80. The maximum atomic E-state index is 6.24. The lowest BCUT2D eigenvalue weighted by atomic mass is 9.90. The van der Waals surface area contributed by atoms with Gasteiger partial charge in [0, 0.05) is 10.0 Å². The SMILES string of the molecule is CCC1(C)OC(c2ccccc2Br)=Nc2ccccc21. The molecule has 1 heterocycles. The van der Waals surface area contributed by atoms with Crippen molar-refractivity contribution in [1.82, 2.24) is 0 Å². The number of aliphatic imine (C=N–C) groups is 1. The molecule has 0 saturated carbocycles. The van der Waals surface area contributed by atoms with Crippen molar-refractivity contribution in [2.75, 3.05) is 0 Å². The number of para-hydroxylation sites is 1. The molecule has 102 valence electrons. The summed E-state index contributed by atoms with van der Waals surface area (Å²) >= 11 is 3.57. The van der Waals surface area contributed by atoms with Crippen LogP contribution in [0.2, 0.25) is 0 Å². The van der Waals surface area contributed by atoms with Gasteiger partial charge in [-0.05, 0) is 47.5 Å². The molecule has 1 aliphatic rings. The number of hydrogen-bond acceptors (Lipinski definition) is 2. The first-order valence-corrected chi connectivity index (χ1v) is 7.55. The Morgan fingerprint density at radius 2 is 1.80 bits per heavy atom. The van der Waals surface area contributed by atoms with E-state index in [0.717, 1.165) is 27.7 Å². The summed E-state index contributed by atoms with van der Waals surface area (Å²) < 4.78 is 7.23. The van der Waals surface area contributed by atoms with Crippen LogP contribution in [0.1, 0.15) is 31.4 Å². The van der Waals surface area contributed by atoms with Gasteiger partial charge in [-0.1, -0.05) is 37.3 Å². The van der Waals surface area contributed by atoms with Crippen molar-refractivity contribution < 1.29 is 4.74 Å². The lowest BCUT2D eigenvalue weighted by molar-refractivity contribution is 0.0659. The quantitative estimate of drug-likeness (QED) is 0.743. The van der Waals surface area contributed by atoms with Gasteiger partial charge in [-0.3, -0.25) is 0 Å². The Morgan fingerprint density at radius 1 is 1.10 bits per heavy atom. The van der Waals surface area contributed by atoms with Crippen molar-refractivity contribution in [2.24, 2.45) is 4.99 Å². The van der Waals surface area contributed by atoms with Gasteiger partial charge in [0.15, 0.2) is 0 Å². The molecule has 0 radical (unpaired) electrons. The predicted molar refractivity (Wildman–Crippen MR) is 85.5 cm³/mol. The van der Waals surface area contributed by atoms with Crippen LogP contribution in [0.15, 0.2) is 58.0 Å². The van der Waals surface area contributed by atoms with Crippen LogP contribution in [0.5, 0.6) is 0 Å². The van der Waals surface area contributed by atoms with Gasteiger partial charge >= 0.3 is 0 Å². The maximum absolute atomic E-state index is 6.24. The van der Waals surface area contributed by atoms with Crippen molar-refractivity contribution in [3.8, 4) is 0 Å². The summed E-state index contributed by atoms with van der Waals surface area (Å²) in [5.41, 5.74) is 2.80. The standard InChI is InChI=1S/C17H16BrNO/c1-3-17(2)13-9-5-7-11-15(13)19-16(20-17)12-8-4-6-10-14(12)18/h4-11H,3H2,1-2H3. The Morgan fingerprint density at radius 3 is 2.55 bits per heavy atom. The number of halogens is 1. The predicted octanol–water partition coefficient (Wildman–Crippen LogP) is 5.18. The van der Waals surface area contributed by atoms with Crippen LogP contribution >= 0.6 is 15.9 Å². The third kappa shape index (κ3) is 2.16. The molecule has 2 nitrogen and oxygen atoms in total. The van der Waals surface area contributed by atoms with Crippen molar-refractivity contribution in [2.45, 2.75) is 25.9 Å². The van der Waals surface area contributed by atoms with Crippen molar-refractivity contribution in [3.63, 3.8) is 0 Å². The van der Waals surface area contributed by atoms with E-state index in [-0.39, 0.29) is 5.60 Å². The first-order chi connectivity index (χ1) is 9.64. The summed E-state index contributed by atoms with van der Waals surface area (Å²) in [7, 11) is 0. The zero-order valence-corrected chi connectivity index (χ0v) is 13.1. The molecule has 0 bridgehead atoms. The molecule has 3 heteroatoms. The van der Waals surface area contributed by atoms with Crippen LogP contribution in [0.3, 0.4) is 0 Å². The summed E-state index contributed by atoms with van der Waals surface area (Å²) in [6.45, 7) is 4.26. The average Bonchev–Trinajstić information content (AvgIpc) is 2.48. The van der Waals surface area contributed by atoms with Gasteiger partial charge < -0.3 is 4.74 Å². The van der Waals surface area contributed by atoms with E-state index in [1.807, 2.05) is 42.5 Å². The van der Waals surface area contributed by atoms with E-state index in [4.69, 9.17) is 4.74 Å². The summed E-state index contributed by atoms with van der Waals surface area (Å²) in [6.07, 6.45) is 0.896. The summed E-state index contributed by atoms with van der Waals surface area (Å²) in [5.74, 6) is 0.681. The topological polar surface area (TPSA) is 21.6 Å². The van der Waals surface area contributed by atoms with Crippen molar-refractivity contribution >= 4 is 27.5 Å². The van der Waals surface area contributed by atoms with Crippen LogP contribution in [-0.2, 0) is 10.3 Å². The minimum atomic E-state index is -0.330. The van der Waals surface area contributed by atoms with Gasteiger partial charge in [0.1, 0.15) is 5.60 Å². The molecular weight excluding hydrogens is 314 g/mol. The lowest BCUT2D eigenvalue weighted by Gasteiger charge is -2.35. The second-order valence-corrected chi connectivity index (χ2v) is 5.95. The number of fused-ring (bicyclic) bond motifs is 1. The number of nitrogens with zero attached hydrogens (tertiary/aromatic N) is 1. The van der Waals surface area contributed by atoms with E-state index in [0.29, 0.717) is 5.90 Å². The molecule has 0 aromatic heterocycles. The largest absolute Gasteiger partial charge is 0.466 e. The molecule has 0 N–H and O–H groups in total. The fourth-order valence-electron chi connectivity index (χ4n) is 2.43. The van der Waals surface area contributed by atoms with E-state index in [1.165, 1.54) is 0 Å². The summed E-state index contributed by atoms with van der Waals surface area (Å²) in [5, 5.41) is 0. The molecule has 3 rings (SSSR count). The Labute approximate surface area is 127 Å². The zero-order chi connectivity index (χ0) is 14.2.